The van der Waals surface area contributed by atoms with Gasteiger partial charge in [0.1, 0.15) is 0 Å². The van der Waals surface area contributed by atoms with E-state index in [9.17, 15) is 0 Å². The van der Waals surface area contributed by atoms with Crippen LogP contribution in [0.1, 0.15) is 45.6 Å². The minimum Gasteiger partial charge on any atom is -0.370 e. The number of hydrogen-bond donors (Lipinski definition) is 2. The van der Waals surface area contributed by atoms with E-state index in [4.69, 9.17) is 5.73 Å². The SMILES string of the molecule is CC(C)CCCC(C)NC(N)=NCc1ccccc1-n1cccn1.I. The van der Waals surface area contributed by atoms with Crippen molar-refractivity contribution in [3.8, 4) is 5.69 Å². The van der Waals surface area contributed by atoms with Crippen molar-refractivity contribution in [1.29, 1.82) is 0 Å². The van der Waals surface area contributed by atoms with E-state index in [0.717, 1.165) is 23.6 Å². The first-order valence-corrected chi connectivity index (χ1v) is 8.70. The standard InChI is InChI=1S/C19H29N5.HI/c1-15(2)8-6-9-16(3)23-19(20)21-14-17-10-4-5-11-18(17)24-13-7-12-22-24;/h4-5,7,10-13,15-16H,6,8-9,14H2,1-3H3,(H3,20,21,23);1H. The molecule has 1 heterocycles. The first-order valence-electron chi connectivity index (χ1n) is 8.70. The summed E-state index contributed by atoms with van der Waals surface area (Å²) in [4.78, 5) is 4.49. The number of nitrogens with one attached hydrogen (secondary N) is 1. The van der Waals surface area contributed by atoms with Crippen LogP contribution in [0.25, 0.3) is 5.69 Å². The molecule has 138 valence electrons. The number of para-hydroxylation sites is 1. The molecule has 5 nitrogen and oxygen atoms in total. The Morgan fingerprint density at radius 3 is 2.64 bits per heavy atom. The van der Waals surface area contributed by atoms with Crippen molar-refractivity contribution in [2.45, 2.75) is 52.6 Å². The summed E-state index contributed by atoms with van der Waals surface area (Å²) in [6.07, 6.45) is 7.27. The van der Waals surface area contributed by atoms with Crippen LogP contribution in [-0.2, 0) is 6.54 Å². The topological polar surface area (TPSA) is 68.2 Å². The third-order valence-electron chi connectivity index (χ3n) is 3.98. The van der Waals surface area contributed by atoms with Gasteiger partial charge in [0, 0.05) is 18.4 Å². The van der Waals surface area contributed by atoms with Gasteiger partial charge in [0.05, 0.1) is 12.2 Å². The van der Waals surface area contributed by atoms with Crippen LogP contribution < -0.4 is 11.1 Å². The molecule has 1 atom stereocenters. The lowest BCUT2D eigenvalue weighted by Gasteiger charge is -2.15. The maximum atomic E-state index is 6.04. The van der Waals surface area contributed by atoms with Gasteiger partial charge in [0.2, 0.25) is 0 Å². The molecule has 0 spiro atoms. The van der Waals surface area contributed by atoms with Crippen molar-refractivity contribution in [3.63, 3.8) is 0 Å². The molecule has 6 heteroatoms. The zero-order chi connectivity index (χ0) is 17.4. The number of nitrogens with two attached hydrogens (primary N) is 1. The third kappa shape index (κ3) is 7.46. The number of aliphatic imine (C=N–C) groups is 1. The molecule has 0 radical (unpaired) electrons. The van der Waals surface area contributed by atoms with E-state index < -0.39 is 0 Å². The Bertz CT molecular complexity index is 637. The first kappa shape index (κ1) is 21.5. The second-order valence-electron chi connectivity index (χ2n) is 6.65. The smallest absolute Gasteiger partial charge is 0.189 e. The van der Waals surface area contributed by atoms with Crippen LogP contribution >= 0.6 is 24.0 Å². The van der Waals surface area contributed by atoms with Gasteiger partial charge in [-0.1, -0.05) is 44.9 Å². The van der Waals surface area contributed by atoms with Gasteiger partial charge >= 0.3 is 0 Å². The molecule has 1 aromatic heterocycles. The van der Waals surface area contributed by atoms with Crippen molar-refractivity contribution in [1.82, 2.24) is 15.1 Å². The zero-order valence-corrected chi connectivity index (χ0v) is 17.7. The van der Waals surface area contributed by atoms with E-state index in [1.807, 2.05) is 35.1 Å². The number of aromatic nitrogens is 2. The van der Waals surface area contributed by atoms with Gasteiger partial charge < -0.3 is 11.1 Å². The zero-order valence-electron chi connectivity index (χ0n) is 15.4. The summed E-state index contributed by atoms with van der Waals surface area (Å²) in [7, 11) is 0. The molecule has 25 heavy (non-hydrogen) atoms. The number of halogens is 1. The fourth-order valence-electron chi connectivity index (χ4n) is 2.65. The fourth-order valence-corrected chi connectivity index (χ4v) is 2.65. The van der Waals surface area contributed by atoms with E-state index in [1.165, 1.54) is 12.8 Å². The normalized spacial score (nSPS) is 12.7. The Balaban J connectivity index is 0.00000312. The van der Waals surface area contributed by atoms with Crippen LogP contribution in [-0.4, -0.2) is 21.8 Å². The molecule has 0 saturated heterocycles. The van der Waals surface area contributed by atoms with Crippen LogP contribution in [0.5, 0.6) is 0 Å². The Morgan fingerprint density at radius 2 is 1.96 bits per heavy atom. The molecule has 0 aliphatic heterocycles. The Labute approximate surface area is 168 Å². The molecule has 0 bridgehead atoms. The van der Waals surface area contributed by atoms with E-state index in [2.05, 4.69) is 42.2 Å². The molecule has 2 rings (SSSR count). The maximum Gasteiger partial charge on any atom is 0.189 e. The molecule has 0 saturated carbocycles. The number of nitrogens with zero attached hydrogens (tertiary/aromatic N) is 3. The van der Waals surface area contributed by atoms with Crippen LogP contribution in [0.4, 0.5) is 0 Å². The highest BCUT2D eigenvalue weighted by molar-refractivity contribution is 14.0. The molecular formula is C19H30IN5. The molecule has 1 unspecified atom stereocenters. The minimum atomic E-state index is 0. The van der Waals surface area contributed by atoms with Gasteiger partial charge in [0.15, 0.2) is 5.96 Å². The van der Waals surface area contributed by atoms with Gasteiger partial charge in [-0.05, 0) is 37.0 Å². The van der Waals surface area contributed by atoms with Gasteiger partial charge in [-0.15, -0.1) is 24.0 Å². The number of guanidine groups is 1. The minimum absolute atomic E-state index is 0. The molecular weight excluding hydrogens is 425 g/mol. The monoisotopic (exact) mass is 455 g/mol. The summed E-state index contributed by atoms with van der Waals surface area (Å²) in [5.74, 6) is 1.25. The van der Waals surface area contributed by atoms with Gasteiger partial charge in [-0.2, -0.15) is 5.10 Å². The number of rotatable bonds is 8. The average molecular weight is 455 g/mol. The van der Waals surface area contributed by atoms with Crippen molar-refractivity contribution < 1.29 is 0 Å². The van der Waals surface area contributed by atoms with E-state index in [0.29, 0.717) is 18.5 Å². The molecule has 3 N–H and O–H groups in total. The Morgan fingerprint density at radius 1 is 1.20 bits per heavy atom. The summed E-state index contributed by atoms with van der Waals surface area (Å²) in [6, 6.07) is 10.4. The highest BCUT2D eigenvalue weighted by Crippen LogP contribution is 2.14. The summed E-state index contributed by atoms with van der Waals surface area (Å²) in [6.45, 7) is 7.20. The fraction of sp³-hybridized carbons (Fsp3) is 0.474. The van der Waals surface area contributed by atoms with Crippen molar-refractivity contribution in [2.75, 3.05) is 0 Å². The van der Waals surface area contributed by atoms with Gasteiger partial charge in [-0.25, -0.2) is 9.67 Å². The van der Waals surface area contributed by atoms with Gasteiger partial charge in [0.25, 0.3) is 0 Å². The average Bonchev–Trinajstić information content (AvgIpc) is 3.07. The predicted octanol–water partition coefficient (Wildman–Crippen LogP) is 4.11. The second-order valence-corrected chi connectivity index (χ2v) is 6.65. The lowest BCUT2D eigenvalue weighted by Crippen LogP contribution is -2.38. The summed E-state index contributed by atoms with van der Waals surface area (Å²) >= 11 is 0. The molecule has 0 fully saturated rings. The van der Waals surface area contributed by atoms with Crippen molar-refractivity contribution in [2.24, 2.45) is 16.6 Å². The summed E-state index contributed by atoms with van der Waals surface area (Å²) in [5, 5.41) is 7.58. The van der Waals surface area contributed by atoms with Gasteiger partial charge in [-0.3, -0.25) is 0 Å². The molecule has 0 amide bonds. The molecule has 0 aliphatic rings. The molecule has 0 aliphatic carbocycles. The largest absolute Gasteiger partial charge is 0.370 e. The van der Waals surface area contributed by atoms with E-state index in [1.54, 1.807) is 6.20 Å². The van der Waals surface area contributed by atoms with E-state index >= 15 is 0 Å². The van der Waals surface area contributed by atoms with Crippen molar-refractivity contribution in [3.05, 3.63) is 48.3 Å². The summed E-state index contributed by atoms with van der Waals surface area (Å²) < 4.78 is 1.85. The number of hydrogen-bond acceptors (Lipinski definition) is 2. The third-order valence-corrected chi connectivity index (χ3v) is 3.98. The molecule has 2 aromatic rings. The Hall–Kier alpha value is -1.57. The van der Waals surface area contributed by atoms with Crippen LogP contribution in [0, 0.1) is 5.92 Å². The highest BCUT2D eigenvalue weighted by atomic mass is 127. The first-order chi connectivity index (χ1) is 11.6. The van der Waals surface area contributed by atoms with Crippen molar-refractivity contribution >= 4 is 29.9 Å². The maximum absolute atomic E-state index is 6.04. The molecule has 1 aromatic carbocycles. The van der Waals surface area contributed by atoms with Crippen LogP contribution in [0.3, 0.4) is 0 Å². The second kappa shape index (κ2) is 11.1. The van der Waals surface area contributed by atoms with Crippen LogP contribution in [0.15, 0.2) is 47.7 Å². The summed E-state index contributed by atoms with van der Waals surface area (Å²) in [5.41, 5.74) is 8.17. The highest BCUT2D eigenvalue weighted by Gasteiger charge is 2.06. The van der Waals surface area contributed by atoms with Crippen LogP contribution in [0.2, 0.25) is 0 Å². The lowest BCUT2D eigenvalue weighted by molar-refractivity contribution is 0.493. The Kier molecular flexibility index (Phi) is 9.55. The number of benzene rings is 1. The lowest BCUT2D eigenvalue weighted by atomic mass is 10.0. The van der Waals surface area contributed by atoms with E-state index in [-0.39, 0.29) is 24.0 Å². The predicted molar refractivity (Wildman–Crippen MR) is 116 cm³/mol. The quantitative estimate of drug-likeness (QED) is 0.358.